The van der Waals surface area contributed by atoms with Gasteiger partial charge in [-0.25, -0.2) is 34.3 Å². The van der Waals surface area contributed by atoms with Crippen LogP contribution < -0.4 is 29.4 Å². The van der Waals surface area contributed by atoms with Crippen LogP contribution in [0.15, 0.2) is 253 Å². The molecule has 0 spiro atoms. The number of carbonyl (C=O) groups is 3. The molecule has 518 valence electrons. The third kappa shape index (κ3) is 20.0. The number of fused-ring (bicyclic) bond motifs is 2. The van der Waals surface area contributed by atoms with Crippen molar-refractivity contribution in [2.75, 3.05) is 128 Å². The maximum Gasteiger partial charge on any atom is 0.410 e. The maximum atomic E-state index is 12.0. The lowest BCUT2D eigenvalue weighted by molar-refractivity contribution is 0.0240. The number of hydrogen-bond acceptors (Lipinski definition) is 15. The van der Waals surface area contributed by atoms with Gasteiger partial charge in [-0.15, -0.1) is 0 Å². The van der Waals surface area contributed by atoms with Crippen LogP contribution in [0.5, 0.6) is 0 Å². The lowest BCUT2D eigenvalue weighted by Crippen LogP contribution is -2.50. The van der Waals surface area contributed by atoms with Gasteiger partial charge in [-0.2, -0.15) is 0 Å². The molecular weight excluding hydrogens is 1330 g/mol. The highest BCUT2D eigenvalue weighted by molar-refractivity contribution is 9.10. The molecule has 17 nitrogen and oxygen atoms in total. The topological polar surface area (TPSA) is 164 Å². The highest BCUT2D eigenvalue weighted by Crippen LogP contribution is 2.34. The molecule has 0 unspecified atom stereocenters. The summed E-state index contributed by atoms with van der Waals surface area (Å²) in [4.78, 5) is 71.0. The summed E-state index contributed by atoms with van der Waals surface area (Å²) in [5.74, 6) is 0.306. The number of nitrogens with zero attached hydrogens (tertiary/aromatic N) is 11. The number of piperazine rings is 3. The lowest BCUT2D eigenvalue weighted by atomic mass is 10.1. The number of carbonyl (C=O) groups excluding carboxylic acids is 2. The third-order valence-electron chi connectivity index (χ3n) is 17.7. The highest BCUT2D eigenvalue weighted by Gasteiger charge is 2.28. The Hall–Kier alpha value is -10.9. The van der Waals surface area contributed by atoms with Crippen LogP contribution in [0.1, 0.15) is 60.7 Å². The molecule has 4 aliphatic rings. The molecule has 15 rings (SSSR count). The van der Waals surface area contributed by atoms with Gasteiger partial charge in [0.25, 0.3) is 0 Å². The molecule has 0 aliphatic carbocycles. The first kappa shape index (κ1) is 71.4. The maximum absolute atomic E-state index is 12.0. The van der Waals surface area contributed by atoms with Crippen molar-refractivity contribution in [3.05, 3.63) is 264 Å². The number of aromatic carboxylic acids is 1. The van der Waals surface area contributed by atoms with Crippen LogP contribution in [0.4, 0.5) is 39.2 Å². The molecule has 101 heavy (non-hydrogen) atoms. The van der Waals surface area contributed by atoms with Crippen molar-refractivity contribution in [2.45, 2.75) is 45.6 Å². The second-order valence-electron chi connectivity index (χ2n) is 25.8. The van der Waals surface area contributed by atoms with E-state index in [1.165, 1.54) is 62.2 Å². The standard InChI is InChI=1S/C26H24N4O2.C25H22N4O2.C15H22N2O2.C11H15N.C6H5Br/c1-32-26(31)20-12-13-22-23(18-20)28-25(24(27-22)19-8-4-2-5-9-19)30-16-14-29(15-17-30)21-10-6-3-7-11-21;30-25(31)19-11-12-21-22(17-19)27-24(23(26-21)18-7-3-1-4-8-18)29-15-13-28(14-16-29)20-9-5-2-6-10-20;1-15(2,3)19-14(18)17-11-9-16(10-12-17)13-7-5-4-6-8-13;1-3-7-11(8-4-1)12-9-5-2-6-10-12;7-6-4-2-1-3-5-6/h2-13,18H,14-17H2,1H3;1-12,17H,13-16H2,(H,30,31);4-8H,9-12H2,1-3H3;1,3-4,7-8H,2,5-6,9-10H2;1-5H. The Balaban J connectivity index is 0.000000137. The number of carboxylic acids is 1. The summed E-state index contributed by atoms with van der Waals surface area (Å²) in [7, 11) is 1.38. The van der Waals surface area contributed by atoms with Crippen molar-refractivity contribution in [2.24, 2.45) is 0 Å². The molecule has 1 N–H and O–H groups in total. The van der Waals surface area contributed by atoms with Crippen LogP contribution in [-0.4, -0.2) is 152 Å². The number of rotatable bonds is 10. The van der Waals surface area contributed by atoms with Crippen molar-refractivity contribution in [3.8, 4) is 22.5 Å². The zero-order valence-corrected chi connectivity index (χ0v) is 59.6. The van der Waals surface area contributed by atoms with Gasteiger partial charge in [0.05, 0.1) is 40.3 Å². The highest BCUT2D eigenvalue weighted by atomic mass is 79.9. The lowest BCUT2D eigenvalue weighted by Gasteiger charge is -2.37. The molecule has 1 amide bonds. The number of benzene rings is 9. The smallest absolute Gasteiger partial charge is 0.410 e. The minimum atomic E-state index is -0.964. The van der Waals surface area contributed by atoms with E-state index >= 15 is 0 Å². The number of anilines is 6. The molecule has 11 aromatic rings. The number of hydrogen-bond donors (Lipinski definition) is 1. The molecule has 9 aromatic carbocycles. The number of halogens is 1. The molecule has 4 aliphatic heterocycles. The SMILES string of the molecule is Brc1ccccc1.CC(C)(C)OC(=O)N1CCN(c2ccccc2)CC1.COC(=O)c1ccc2nc(-c3ccccc3)c(N3CCN(c4ccccc4)CC3)nc2c1.O=C(O)c1ccc2nc(-c3ccccc3)c(N3CCN(c4ccccc4)CC3)nc2c1.c1ccc(N2CCCCC2)cc1. The Morgan fingerprint density at radius 3 is 1.05 bits per heavy atom. The predicted octanol–water partition coefficient (Wildman–Crippen LogP) is 16.6. The Labute approximate surface area is 601 Å². The first-order chi connectivity index (χ1) is 49.2. The molecule has 6 heterocycles. The number of aromatic nitrogens is 4. The first-order valence-corrected chi connectivity index (χ1v) is 35.5. The average Bonchev–Trinajstić information content (AvgIpc) is 0.826. The fourth-order valence-corrected chi connectivity index (χ4v) is 12.7. The van der Waals surface area contributed by atoms with Gasteiger partial charge in [-0.05, 0) is 137 Å². The number of esters is 1. The van der Waals surface area contributed by atoms with Gasteiger partial charge < -0.3 is 48.9 Å². The van der Waals surface area contributed by atoms with Gasteiger partial charge in [-0.1, -0.05) is 168 Å². The monoisotopic (exact) mass is 1410 g/mol. The Morgan fingerprint density at radius 2 is 0.703 bits per heavy atom. The molecule has 0 atom stereocenters. The van der Waals surface area contributed by atoms with Gasteiger partial charge in [-0.3, -0.25) is 0 Å². The van der Waals surface area contributed by atoms with Gasteiger partial charge in [0.1, 0.15) is 17.0 Å². The van der Waals surface area contributed by atoms with Crippen LogP contribution in [0.25, 0.3) is 44.6 Å². The summed E-state index contributed by atoms with van der Waals surface area (Å²) in [5.41, 5.74) is 11.8. The molecular formula is C83H88BrN11O6. The number of piperidine rings is 1. The van der Waals surface area contributed by atoms with E-state index in [2.05, 4.69) is 148 Å². The summed E-state index contributed by atoms with van der Waals surface area (Å²) in [5, 5.41) is 9.37. The van der Waals surface area contributed by atoms with Crippen LogP contribution >= 0.6 is 15.9 Å². The third-order valence-corrected chi connectivity index (χ3v) is 18.2. The first-order valence-electron chi connectivity index (χ1n) is 34.7. The molecule has 0 radical (unpaired) electrons. The quantitative estimate of drug-likeness (QED) is 0.128. The van der Waals surface area contributed by atoms with Crippen molar-refractivity contribution in [1.82, 2.24) is 24.8 Å². The van der Waals surface area contributed by atoms with Crippen molar-refractivity contribution in [1.29, 1.82) is 0 Å². The van der Waals surface area contributed by atoms with Crippen LogP contribution in [0.2, 0.25) is 0 Å². The van der Waals surface area contributed by atoms with Gasteiger partial charge in [0, 0.05) is 130 Å². The fourth-order valence-electron chi connectivity index (χ4n) is 12.4. The summed E-state index contributed by atoms with van der Waals surface area (Å²) in [6.45, 7) is 18.2. The van der Waals surface area contributed by atoms with E-state index in [1.807, 2.05) is 136 Å². The zero-order valence-electron chi connectivity index (χ0n) is 58.0. The predicted molar refractivity (Wildman–Crippen MR) is 413 cm³/mol. The Morgan fingerprint density at radius 1 is 0.376 bits per heavy atom. The van der Waals surface area contributed by atoms with Crippen LogP contribution in [-0.2, 0) is 9.47 Å². The van der Waals surface area contributed by atoms with E-state index in [0.29, 0.717) is 35.2 Å². The minimum absolute atomic E-state index is 0.208. The Kier molecular flexibility index (Phi) is 24.9. The van der Waals surface area contributed by atoms with Crippen molar-refractivity contribution >= 4 is 90.4 Å². The molecule has 0 saturated carbocycles. The van der Waals surface area contributed by atoms with Crippen molar-refractivity contribution < 1.29 is 29.0 Å². The van der Waals surface area contributed by atoms with E-state index in [0.717, 1.165) is 110 Å². The second kappa shape index (κ2) is 35.3. The molecule has 4 saturated heterocycles. The van der Waals surface area contributed by atoms with E-state index in [1.54, 1.807) is 35.2 Å². The summed E-state index contributed by atoms with van der Waals surface area (Å²) >= 11 is 3.31. The van der Waals surface area contributed by atoms with E-state index in [9.17, 15) is 19.5 Å². The number of carboxylic acid groups (broad SMARTS) is 1. The number of para-hydroxylation sites is 4. The number of ether oxygens (including phenoxy) is 2. The van der Waals surface area contributed by atoms with E-state index in [-0.39, 0.29) is 17.6 Å². The molecule has 0 bridgehead atoms. The number of amides is 1. The van der Waals surface area contributed by atoms with Gasteiger partial charge in [0.15, 0.2) is 11.6 Å². The molecule has 4 fully saturated rings. The number of methoxy groups -OCH3 is 1. The summed E-state index contributed by atoms with van der Waals surface area (Å²) in [6, 6.07) is 82.3. The van der Waals surface area contributed by atoms with Crippen LogP contribution in [0, 0.1) is 0 Å². The van der Waals surface area contributed by atoms with Gasteiger partial charge >= 0.3 is 18.0 Å². The van der Waals surface area contributed by atoms with Crippen LogP contribution in [0.3, 0.4) is 0 Å². The average molecular weight is 1420 g/mol. The molecule has 18 heteroatoms. The fraction of sp³-hybridized carbons (Fsp3) is 0.265. The summed E-state index contributed by atoms with van der Waals surface area (Å²) in [6.07, 6.45) is 3.91. The van der Waals surface area contributed by atoms with Gasteiger partial charge in [0.2, 0.25) is 0 Å². The molecule has 2 aromatic heterocycles. The minimum Gasteiger partial charge on any atom is -0.478 e. The largest absolute Gasteiger partial charge is 0.478 e. The normalized spacial score (nSPS) is 14.5. The Bertz CT molecular complexity index is 4400. The van der Waals surface area contributed by atoms with E-state index < -0.39 is 11.6 Å². The zero-order chi connectivity index (χ0) is 70.3. The van der Waals surface area contributed by atoms with E-state index in [4.69, 9.17) is 29.4 Å². The van der Waals surface area contributed by atoms with Crippen molar-refractivity contribution in [3.63, 3.8) is 0 Å². The summed E-state index contributed by atoms with van der Waals surface area (Å²) < 4.78 is 11.4. The second-order valence-corrected chi connectivity index (χ2v) is 26.7.